The van der Waals surface area contributed by atoms with Crippen LogP contribution in [0, 0.1) is 6.92 Å². The number of benzene rings is 2. The SMILES string of the molecule is Cc1cccc(CCC(C)Nc2cccc3[nH]ncc23)c1. The maximum atomic E-state index is 4.11. The lowest BCUT2D eigenvalue weighted by molar-refractivity contribution is 0.707. The van der Waals surface area contributed by atoms with Gasteiger partial charge in [0.2, 0.25) is 0 Å². The summed E-state index contributed by atoms with van der Waals surface area (Å²) in [6, 6.07) is 15.4. The monoisotopic (exact) mass is 279 g/mol. The van der Waals surface area contributed by atoms with Crippen molar-refractivity contribution in [2.24, 2.45) is 0 Å². The van der Waals surface area contributed by atoms with Crippen molar-refractivity contribution in [1.82, 2.24) is 10.2 Å². The first-order valence-corrected chi connectivity index (χ1v) is 7.46. The van der Waals surface area contributed by atoms with Crippen LogP contribution in [0.15, 0.2) is 48.7 Å². The van der Waals surface area contributed by atoms with Gasteiger partial charge in [-0.25, -0.2) is 0 Å². The summed E-state index contributed by atoms with van der Waals surface area (Å²) < 4.78 is 0. The Morgan fingerprint density at radius 1 is 1.19 bits per heavy atom. The fraction of sp³-hybridized carbons (Fsp3) is 0.278. The molecule has 3 rings (SSSR count). The van der Waals surface area contributed by atoms with E-state index in [0.29, 0.717) is 6.04 Å². The Morgan fingerprint density at radius 2 is 2.05 bits per heavy atom. The number of rotatable bonds is 5. The van der Waals surface area contributed by atoms with Crippen molar-refractivity contribution >= 4 is 16.6 Å². The van der Waals surface area contributed by atoms with E-state index in [4.69, 9.17) is 0 Å². The van der Waals surface area contributed by atoms with Crippen molar-refractivity contribution in [3.63, 3.8) is 0 Å². The molecule has 0 aliphatic rings. The van der Waals surface area contributed by atoms with E-state index in [-0.39, 0.29) is 0 Å². The van der Waals surface area contributed by atoms with Crippen molar-refractivity contribution in [1.29, 1.82) is 0 Å². The van der Waals surface area contributed by atoms with Gasteiger partial charge in [-0.2, -0.15) is 5.10 Å². The Morgan fingerprint density at radius 3 is 2.90 bits per heavy atom. The number of hydrogen-bond donors (Lipinski definition) is 2. The molecule has 1 aromatic heterocycles. The molecule has 0 saturated carbocycles. The number of hydrogen-bond acceptors (Lipinski definition) is 2. The van der Waals surface area contributed by atoms with E-state index in [2.05, 4.69) is 65.8 Å². The third kappa shape index (κ3) is 3.24. The second-order valence-electron chi connectivity index (χ2n) is 5.71. The minimum absolute atomic E-state index is 0.422. The van der Waals surface area contributed by atoms with E-state index in [9.17, 15) is 0 Å². The molecule has 1 atom stereocenters. The second-order valence-corrected chi connectivity index (χ2v) is 5.71. The number of aryl methyl sites for hydroxylation is 2. The van der Waals surface area contributed by atoms with E-state index in [1.54, 1.807) is 0 Å². The molecule has 0 saturated heterocycles. The Kier molecular flexibility index (Phi) is 3.91. The number of fused-ring (bicyclic) bond motifs is 1. The number of nitrogens with zero attached hydrogens (tertiary/aromatic N) is 1. The summed E-state index contributed by atoms with van der Waals surface area (Å²) in [5.74, 6) is 0. The van der Waals surface area contributed by atoms with E-state index in [1.807, 2.05) is 12.3 Å². The standard InChI is InChI=1S/C18H21N3/c1-13-5-3-6-15(11-13)10-9-14(2)20-17-7-4-8-18-16(17)12-19-21-18/h3-8,11-12,14,20H,9-10H2,1-2H3,(H,19,21). The van der Waals surface area contributed by atoms with Gasteiger partial charge in [-0.15, -0.1) is 0 Å². The quantitative estimate of drug-likeness (QED) is 0.731. The van der Waals surface area contributed by atoms with Crippen LogP contribution in [-0.2, 0) is 6.42 Å². The van der Waals surface area contributed by atoms with Gasteiger partial charge in [0.05, 0.1) is 11.7 Å². The fourth-order valence-electron chi connectivity index (χ4n) is 2.68. The largest absolute Gasteiger partial charge is 0.382 e. The predicted molar refractivity (Wildman–Crippen MR) is 88.7 cm³/mol. The maximum Gasteiger partial charge on any atom is 0.0671 e. The van der Waals surface area contributed by atoms with Crippen LogP contribution in [0.1, 0.15) is 24.5 Å². The molecule has 3 aromatic rings. The molecule has 0 fully saturated rings. The number of anilines is 1. The first-order chi connectivity index (χ1) is 10.2. The summed E-state index contributed by atoms with van der Waals surface area (Å²) in [6.07, 6.45) is 4.08. The van der Waals surface area contributed by atoms with E-state index >= 15 is 0 Å². The first kappa shape index (κ1) is 13.7. The molecule has 3 nitrogen and oxygen atoms in total. The van der Waals surface area contributed by atoms with Gasteiger partial charge in [-0.05, 0) is 44.4 Å². The van der Waals surface area contributed by atoms with Crippen LogP contribution in [-0.4, -0.2) is 16.2 Å². The second kappa shape index (κ2) is 6.00. The molecule has 0 spiro atoms. The minimum Gasteiger partial charge on any atom is -0.382 e. The van der Waals surface area contributed by atoms with E-state index in [1.165, 1.54) is 11.1 Å². The number of aromatic nitrogens is 2. The molecule has 2 N–H and O–H groups in total. The zero-order chi connectivity index (χ0) is 14.7. The zero-order valence-electron chi connectivity index (χ0n) is 12.6. The lowest BCUT2D eigenvalue weighted by Gasteiger charge is -2.16. The van der Waals surface area contributed by atoms with Gasteiger partial charge in [0.1, 0.15) is 0 Å². The van der Waals surface area contributed by atoms with Crippen LogP contribution in [0.4, 0.5) is 5.69 Å². The summed E-state index contributed by atoms with van der Waals surface area (Å²) in [7, 11) is 0. The maximum absolute atomic E-state index is 4.11. The summed E-state index contributed by atoms with van der Waals surface area (Å²) in [5, 5.41) is 11.9. The number of H-pyrrole nitrogens is 1. The van der Waals surface area contributed by atoms with Crippen molar-refractivity contribution in [2.75, 3.05) is 5.32 Å². The summed E-state index contributed by atoms with van der Waals surface area (Å²) in [4.78, 5) is 0. The molecular weight excluding hydrogens is 258 g/mol. The third-order valence-electron chi connectivity index (χ3n) is 3.84. The van der Waals surface area contributed by atoms with Gasteiger partial charge in [-0.1, -0.05) is 35.9 Å². The summed E-state index contributed by atoms with van der Waals surface area (Å²) in [5.41, 5.74) is 4.96. The topological polar surface area (TPSA) is 40.7 Å². The van der Waals surface area contributed by atoms with Gasteiger partial charge in [-0.3, -0.25) is 5.10 Å². The van der Waals surface area contributed by atoms with Crippen LogP contribution in [0.3, 0.4) is 0 Å². The Balaban J connectivity index is 1.64. The van der Waals surface area contributed by atoms with Gasteiger partial charge in [0.15, 0.2) is 0 Å². The highest BCUT2D eigenvalue weighted by atomic mass is 15.1. The molecule has 108 valence electrons. The van der Waals surface area contributed by atoms with Crippen LogP contribution in [0.5, 0.6) is 0 Å². The highest BCUT2D eigenvalue weighted by Gasteiger charge is 2.07. The average molecular weight is 279 g/mol. The molecule has 0 bridgehead atoms. The zero-order valence-corrected chi connectivity index (χ0v) is 12.6. The number of aromatic amines is 1. The Hall–Kier alpha value is -2.29. The van der Waals surface area contributed by atoms with Crippen molar-refractivity contribution in [2.45, 2.75) is 32.7 Å². The fourth-order valence-corrected chi connectivity index (χ4v) is 2.68. The molecule has 0 aliphatic heterocycles. The Labute approximate surface area is 125 Å². The van der Waals surface area contributed by atoms with Crippen LogP contribution >= 0.6 is 0 Å². The van der Waals surface area contributed by atoms with E-state index < -0.39 is 0 Å². The summed E-state index contributed by atoms with van der Waals surface area (Å²) in [6.45, 7) is 4.37. The molecule has 2 aromatic carbocycles. The lowest BCUT2D eigenvalue weighted by Crippen LogP contribution is -2.16. The highest BCUT2D eigenvalue weighted by Crippen LogP contribution is 2.22. The van der Waals surface area contributed by atoms with Crippen LogP contribution in [0.25, 0.3) is 10.9 Å². The summed E-state index contributed by atoms with van der Waals surface area (Å²) >= 11 is 0. The van der Waals surface area contributed by atoms with Gasteiger partial charge in [0.25, 0.3) is 0 Å². The molecule has 0 amide bonds. The van der Waals surface area contributed by atoms with E-state index in [0.717, 1.165) is 29.4 Å². The Bertz CT molecular complexity index is 730. The molecular formula is C18H21N3. The lowest BCUT2D eigenvalue weighted by atomic mass is 10.0. The normalized spacial score (nSPS) is 12.5. The van der Waals surface area contributed by atoms with Crippen molar-refractivity contribution in [3.8, 4) is 0 Å². The number of nitrogens with one attached hydrogen (secondary N) is 2. The van der Waals surface area contributed by atoms with Gasteiger partial charge in [0, 0.05) is 17.1 Å². The molecule has 3 heteroatoms. The molecule has 0 radical (unpaired) electrons. The van der Waals surface area contributed by atoms with Gasteiger partial charge >= 0.3 is 0 Å². The first-order valence-electron chi connectivity index (χ1n) is 7.46. The molecule has 1 heterocycles. The third-order valence-corrected chi connectivity index (χ3v) is 3.84. The predicted octanol–water partition coefficient (Wildman–Crippen LogP) is 4.30. The minimum atomic E-state index is 0.422. The molecule has 21 heavy (non-hydrogen) atoms. The van der Waals surface area contributed by atoms with Crippen LogP contribution < -0.4 is 5.32 Å². The highest BCUT2D eigenvalue weighted by molar-refractivity contribution is 5.90. The average Bonchev–Trinajstić information content (AvgIpc) is 2.95. The molecule has 1 unspecified atom stereocenters. The molecule has 0 aliphatic carbocycles. The van der Waals surface area contributed by atoms with Crippen LogP contribution in [0.2, 0.25) is 0 Å². The smallest absolute Gasteiger partial charge is 0.0671 e. The van der Waals surface area contributed by atoms with Crippen molar-refractivity contribution < 1.29 is 0 Å². The van der Waals surface area contributed by atoms with Crippen molar-refractivity contribution in [3.05, 3.63) is 59.8 Å². The van der Waals surface area contributed by atoms with Gasteiger partial charge < -0.3 is 5.32 Å².